The molecule has 3 amide bonds. The third-order valence-electron chi connectivity index (χ3n) is 2.67. The molecule has 0 saturated carbocycles. The molecule has 0 saturated heterocycles. The highest BCUT2D eigenvalue weighted by Crippen LogP contribution is 2.17. The van der Waals surface area contributed by atoms with Crippen molar-refractivity contribution in [3.8, 4) is 0 Å². The largest absolute Gasteiger partial charge is 0.478 e. The van der Waals surface area contributed by atoms with E-state index in [-0.39, 0.29) is 30.1 Å². The van der Waals surface area contributed by atoms with E-state index in [0.29, 0.717) is 6.54 Å². The van der Waals surface area contributed by atoms with Crippen molar-refractivity contribution in [1.82, 2.24) is 10.6 Å². The van der Waals surface area contributed by atoms with Crippen LogP contribution in [0.4, 0.5) is 10.5 Å². The van der Waals surface area contributed by atoms with Gasteiger partial charge in [-0.05, 0) is 26.0 Å². The van der Waals surface area contributed by atoms with Crippen LogP contribution in [0.2, 0.25) is 0 Å². The Labute approximate surface area is 122 Å². The predicted octanol–water partition coefficient (Wildman–Crippen LogP) is 1.34. The van der Waals surface area contributed by atoms with Crippen LogP contribution in [-0.2, 0) is 4.79 Å². The molecule has 1 rings (SSSR count). The van der Waals surface area contributed by atoms with Crippen molar-refractivity contribution < 1.29 is 19.5 Å². The first-order valence-corrected chi connectivity index (χ1v) is 6.59. The van der Waals surface area contributed by atoms with Gasteiger partial charge in [-0.2, -0.15) is 0 Å². The van der Waals surface area contributed by atoms with E-state index in [0.717, 1.165) is 5.56 Å². The van der Waals surface area contributed by atoms with Gasteiger partial charge in [0.1, 0.15) is 0 Å². The van der Waals surface area contributed by atoms with Crippen LogP contribution in [0.5, 0.6) is 0 Å². The second kappa shape index (κ2) is 7.88. The van der Waals surface area contributed by atoms with Crippen LogP contribution in [0, 0.1) is 6.92 Å². The summed E-state index contributed by atoms with van der Waals surface area (Å²) in [5.41, 5.74) is 1.02. The number of nitrogens with one attached hydrogen (secondary N) is 3. The van der Waals surface area contributed by atoms with E-state index in [4.69, 9.17) is 5.11 Å². The van der Waals surface area contributed by atoms with Gasteiger partial charge in [-0.25, -0.2) is 9.59 Å². The number of carboxylic acids is 1. The summed E-state index contributed by atoms with van der Waals surface area (Å²) in [5, 5.41) is 16.7. The van der Waals surface area contributed by atoms with E-state index in [9.17, 15) is 14.4 Å². The van der Waals surface area contributed by atoms with Gasteiger partial charge >= 0.3 is 12.0 Å². The highest BCUT2D eigenvalue weighted by Gasteiger charge is 2.12. The zero-order valence-corrected chi connectivity index (χ0v) is 12.0. The monoisotopic (exact) mass is 293 g/mol. The van der Waals surface area contributed by atoms with E-state index in [2.05, 4.69) is 16.0 Å². The molecule has 114 valence electrons. The number of aromatic carboxylic acids is 1. The molecule has 1 aromatic rings. The fraction of sp³-hybridized carbons (Fsp3) is 0.357. The number of carboxylic acid groups (broad SMARTS) is 1. The number of urea groups is 1. The number of amides is 3. The van der Waals surface area contributed by atoms with Gasteiger partial charge in [-0.15, -0.1) is 0 Å². The Balaban J connectivity index is 2.55. The maximum Gasteiger partial charge on any atom is 0.337 e. The Hall–Kier alpha value is -2.57. The van der Waals surface area contributed by atoms with Gasteiger partial charge in [-0.1, -0.05) is 11.6 Å². The molecular formula is C14H19N3O4. The smallest absolute Gasteiger partial charge is 0.337 e. The van der Waals surface area contributed by atoms with Crippen LogP contribution in [0.25, 0.3) is 0 Å². The van der Waals surface area contributed by atoms with Gasteiger partial charge in [0.05, 0.1) is 11.3 Å². The van der Waals surface area contributed by atoms with E-state index in [1.54, 1.807) is 13.0 Å². The third-order valence-corrected chi connectivity index (χ3v) is 2.67. The molecule has 0 aliphatic carbocycles. The molecule has 21 heavy (non-hydrogen) atoms. The van der Waals surface area contributed by atoms with Gasteiger partial charge in [0.15, 0.2) is 0 Å². The minimum Gasteiger partial charge on any atom is -0.478 e. The Morgan fingerprint density at radius 1 is 1.19 bits per heavy atom. The Kier molecular flexibility index (Phi) is 6.19. The van der Waals surface area contributed by atoms with E-state index < -0.39 is 12.0 Å². The van der Waals surface area contributed by atoms with Crippen LogP contribution in [-0.4, -0.2) is 36.1 Å². The summed E-state index contributed by atoms with van der Waals surface area (Å²) in [4.78, 5) is 34.0. The second-order valence-corrected chi connectivity index (χ2v) is 4.44. The quantitative estimate of drug-likeness (QED) is 0.634. The van der Waals surface area contributed by atoms with Crippen LogP contribution in [0.1, 0.15) is 29.3 Å². The average molecular weight is 293 g/mol. The molecule has 0 unspecified atom stereocenters. The summed E-state index contributed by atoms with van der Waals surface area (Å²) >= 11 is 0. The highest BCUT2D eigenvalue weighted by molar-refractivity contribution is 6.00. The van der Waals surface area contributed by atoms with E-state index in [1.807, 2.05) is 6.92 Å². The number of anilines is 1. The van der Waals surface area contributed by atoms with E-state index in [1.165, 1.54) is 12.1 Å². The zero-order valence-electron chi connectivity index (χ0n) is 12.0. The van der Waals surface area contributed by atoms with Crippen LogP contribution >= 0.6 is 0 Å². The second-order valence-electron chi connectivity index (χ2n) is 4.44. The number of hydrogen-bond acceptors (Lipinski definition) is 3. The van der Waals surface area contributed by atoms with Crippen molar-refractivity contribution in [1.29, 1.82) is 0 Å². The van der Waals surface area contributed by atoms with Gasteiger partial charge in [0.2, 0.25) is 5.91 Å². The molecule has 1 aromatic carbocycles. The van der Waals surface area contributed by atoms with Crippen LogP contribution in [0.15, 0.2) is 18.2 Å². The zero-order chi connectivity index (χ0) is 15.8. The molecule has 0 aromatic heterocycles. The lowest BCUT2D eigenvalue weighted by Crippen LogP contribution is -2.33. The summed E-state index contributed by atoms with van der Waals surface area (Å²) in [6.07, 6.45) is 0.168. The average Bonchev–Trinajstić information content (AvgIpc) is 2.41. The lowest BCUT2D eigenvalue weighted by Gasteiger charge is -2.10. The molecule has 0 bridgehead atoms. The number of hydrogen-bond donors (Lipinski definition) is 4. The summed E-state index contributed by atoms with van der Waals surface area (Å²) in [7, 11) is 0. The molecular weight excluding hydrogens is 274 g/mol. The van der Waals surface area contributed by atoms with Crippen molar-refractivity contribution in [2.75, 3.05) is 18.4 Å². The Bertz CT molecular complexity index is 543. The van der Waals surface area contributed by atoms with Gasteiger partial charge in [0, 0.05) is 19.5 Å². The fourth-order valence-electron chi connectivity index (χ4n) is 1.69. The number of aryl methyl sites for hydroxylation is 1. The molecule has 0 aliphatic heterocycles. The molecule has 4 N–H and O–H groups in total. The fourth-order valence-corrected chi connectivity index (χ4v) is 1.69. The van der Waals surface area contributed by atoms with Gasteiger partial charge < -0.3 is 21.1 Å². The first kappa shape index (κ1) is 16.5. The standard InChI is InChI=1S/C14H19N3O4/c1-3-15-12(18)6-7-16-14(21)17-11-5-4-9(2)8-10(11)13(19)20/h4-5,8H,3,6-7H2,1-2H3,(H,15,18)(H,19,20)(H2,16,17,21). The number of rotatable bonds is 6. The number of benzene rings is 1. The summed E-state index contributed by atoms with van der Waals surface area (Å²) in [6, 6.07) is 4.16. The van der Waals surface area contributed by atoms with Crippen LogP contribution in [0.3, 0.4) is 0 Å². The Morgan fingerprint density at radius 3 is 2.52 bits per heavy atom. The summed E-state index contributed by atoms with van der Waals surface area (Å²) in [5.74, 6) is -1.27. The summed E-state index contributed by atoms with van der Waals surface area (Å²) < 4.78 is 0. The maximum atomic E-state index is 11.7. The molecule has 0 radical (unpaired) electrons. The van der Waals surface area contributed by atoms with Crippen LogP contribution < -0.4 is 16.0 Å². The SMILES string of the molecule is CCNC(=O)CCNC(=O)Nc1ccc(C)cc1C(=O)O. The molecule has 0 aliphatic rings. The number of carbonyl (C=O) groups is 3. The van der Waals surface area contributed by atoms with Crippen molar-refractivity contribution in [3.63, 3.8) is 0 Å². The molecule has 0 heterocycles. The maximum absolute atomic E-state index is 11.7. The first-order valence-electron chi connectivity index (χ1n) is 6.59. The van der Waals surface area contributed by atoms with Crippen molar-refractivity contribution >= 4 is 23.6 Å². The van der Waals surface area contributed by atoms with Crippen molar-refractivity contribution in [2.24, 2.45) is 0 Å². The minimum atomic E-state index is -1.11. The normalized spacial score (nSPS) is 9.81. The topological polar surface area (TPSA) is 108 Å². The lowest BCUT2D eigenvalue weighted by atomic mass is 10.1. The summed E-state index contributed by atoms with van der Waals surface area (Å²) in [6.45, 7) is 4.29. The predicted molar refractivity (Wildman–Crippen MR) is 78.5 cm³/mol. The lowest BCUT2D eigenvalue weighted by molar-refractivity contribution is -0.120. The minimum absolute atomic E-state index is 0.0221. The van der Waals surface area contributed by atoms with Crippen molar-refractivity contribution in [3.05, 3.63) is 29.3 Å². The molecule has 0 fully saturated rings. The third kappa shape index (κ3) is 5.52. The van der Waals surface area contributed by atoms with Crippen molar-refractivity contribution in [2.45, 2.75) is 20.3 Å². The van der Waals surface area contributed by atoms with E-state index >= 15 is 0 Å². The van der Waals surface area contributed by atoms with Gasteiger partial charge in [0.25, 0.3) is 0 Å². The first-order chi connectivity index (χ1) is 9.93. The Morgan fingerprint density at radius 2 is 1.90 bits per heavy atom. The molecule has 7 heteroatoms. The number of carbonyl (C=O) groups excluding carboxylic acids is 2. The van der Waals surface area contributed by atoms with Gasteiger partial charge in [-0.3, -0.25) is 4.79 Å². The molecule has 7 nitrogen and oxygen atoms in total. The highest BCUT2D eigenvalue weighted by atomic mass is 16.4. The molecule has 0 spiro atoms. The molecule has 0 atom stereocenters.